The van der Waals surface area contributed by atoms with Gasteiger partial charge in [-0.1, -0.05) is 30.3 Å². The first-order valence-corrected chi connectivity index (χ1v) is 6.26. The van der Waals surface area contributed by atoms with Crippen molar-refractivity contribution < 1.29 is 0 Å². The van der Waals surface area contributed by atoms with Gasteiger partial charge in [0.25, 0.3) is 0 Å². The summed E-state index contributed by atoms with van der Waals surface area (Å²) in [6.07, 6.45) is 0.925. The molecular weight excluding hydrogens is 234 g/mol. The molecule has 0 unspecified atom stereocenters. The molecule has 1 heterocycles. The second-order valence-corrected chi connectivity index (χ2v) is 4.89. The molecule has 0 aromatic heterocycles. The number of hydrogen-bond donors (Lipinski definition) is 0. The van der Waals surface area contributed by atoms with Crippen LogP contribution < -0.4 is 5.01 Å². The molecule has 3 nitrogen and oxygen atoms in total. The topological polar surface area (TPSA) is 10.8 Å². The molecule has 0 atom stereocenters. The molecule has 94 valence electrons. The van der Waals surface area contributed by atoms with Gasteiger partial charge in [-0.15, -0.1) is 0 Å². The Hall–Kier alpha value is -2.31. The number of anilines is 2. The fourth-order valence-corrected chi connectivity index (χ4v) is 2.60. The number of hydrazine groups is 1. The van der Waals surface area contributed by atoms with Crippen LogP contribution in [0.1, 0.15) is 11.1 Å². The molecule has 0 saturated heterocycles. The van der Waals surface area contributed by atoms with E-state index in [-0.39, 0.29) is 0 Å². The highest BCUT2D eigenvalue weighted by molar-refractivity contribution is 5.76. The maximum absolute atomic E-state index is 7.17. The lowest BCUT2D eigenvalue weighted by Crippen LogP contribution is -2.35. The van der Waals surface area contributed by atoms with Crippen molar-refractivity contribution >= 4 is 17.1 Å². The van der Waals surface area contributed by atoms with E-state index >= 15 is 0 Å². The molecule has 0 bridgehead atoms. The molecule has 3 heteroatoms. The number of fused-ring (bicyclic) bond motifs is 2. The van der Waals surface area contributed by atoms with Gasteiger partial charge in [-0.2, -0.15) is 0 Å². The van der Waals surface area contributed by atoms with E-state index in [9.17, 15) is 0 Å². The van der Waals surface area contributed by atoms with Gasteiger partial charge in [0.15, 0.2) is 5.69 Å². The molecule has 1 aliphatic heterocycles. The summed E-state index contributed by atoms with van der Waals surface area (Å²) in [5.74, 6) is 0. The number of hydrogen-bond acceptors (Lipinski definition) is 2. The average Bonchev–Trinajstić information content (AvgIpc) is 2.43. The summed E-state index contributed by atoms with van der Waals surface area (Å²) in [5, 5.41) is 4.23. The molecule has 19 heavy (non-hydrogen) atoms. The number of nitrogens with zero attached hydrogens (tertiary/aromatic N) is 3. The van der Waals surface area contributed by atoms with E-state index in [2.05, 4.69) is 45.2 Å². The van der Waals surface area contributed by atoms with E-state index in [1.807, 2.05) is 26.2 Å². The molecule has 0 fully saturated rings. The zero-order valence-corrected chi connectivity index (χ0v) is 11.1. The third-order valence-electron chi connectivity index (χ3n) is 3.43. The predicted molar refractivity (Wildman–Crippen MR) is 77.8 cm³/mol. The lowest BCUT2D eigenvalue weighted by molar-refractivity contribution is 0.414. The molecule has 1 aliphatic rings. The second kappa shape index (κ2) is 4.42. The van der Waals surface area contributed by atoms with Crippen LogP contribution in [0.3, 0.4) is 0 Å². The van der Waals surface area contributed by atoms with Crippen LogP contribution in [-0.4, -0.2) is 19.1 Å². The van der Waals surface area contributed by atoms with Crippen molar-refractivity contribution in [3.63, 3.8) is 0 Å². The van der Waals surface area contributed by atoms with Crippen molar-refractivity contribution in [3.05, 3.63) is 65.0 Å². The maximum Gasteiger partial charge on any atom is 0.189 e. The summed E-state index contributed by atoms with van der Waals surface area (Å²) in [5.41, 5.74) is 5.57. The van der Waals surface area contributed by atoms with Crippen LogP contribution in [0.25, 0.3) is 4.85 Å². The Bertz CT molecular complexity index is 668. The van der Waals surface area contributed by atoms with E-state index in [0.717, 1.165) is 12.1 Å². The Morgan fingerprint density at radius 2 is 1.79 bits per heavy atom. The van der Waals surface area contributed by atoms with Gasteiger partial charge in [-0.05, 0) is 23.3 Å². The van der Waals surface area contributed by atoms with Crippen LogP contribution in [0.5, 0.6) is 0 Å². The predicted octanol–water partition coefficient (Wildman–Crippen LogP) is 3.76. The standard InChI is InChI=1S/C16H15N3/c1-17-14-9-8-13-10-12-6-4-5-7-15(12)19(18(2)3)16(13)11-14/h4-9,11H,10H2,2-3H3. The van der Waals surface area contributed by atoms with Crippen molar-refractivity contribution in [1.82, 2.24) is 5.01 Å². The van der Waals surface area contributed by atoms with Gasteiger partial charge in [0.05, 0.1) is 17.9 Å². The Morgan fingerprint density at radius 3 is 2.53 bits per heavy atom. The maximum atomic E-state index is 7.17. The Balaban J connectivity index is 2.21. The molecule has 0 N–H and O–H groups in total. The van der Waals surface area contributed by atoms with Crippen LogP contribution >= 0.6 is 0 Å². The minimum atomic E-state index is 0.685. The van der Waals surface area contributed by atoms with Gasteiger partial charge in [-0.25, -0.2) is 9.85 Å². The first kappa shape index (κ1) is 11.8. The molecule has 0 radical (unpaired) electrons. The number of rotatable bonds is 1. The molecular formula is C16H15N3. The molecule has 2 aromatic carbocycles. The Kier molecular flexibility index (Phi) is 2.73. The van der Waals surface area contributed by atoms with E-state index in [4.69, 9.17) is 6.57 Å². The summed E-state index contributed by atoms with van der Waals surface area (Å²) in [7, 11) is 4.05. The average molecular weight is 249 g/mol. The highest BCUT2D eigenvalue weighted by atomic mass is 15.6. The fourth-order valence-electron chi connectivity index (χ4n) is 2.60. The van der Waals surface area contributed by atoms with Gasteiger partial charge in [0, 0.05) is 20.5 Å². The zero-order chi connectivity index (χ0) is 13.4. The molecule has 0 amide bonds. The molecule has 0 saturated carbocycles. The zero-order valence-electron chi connectivity index (χ0n) is 11.1. The van der Waals surface area contributed by atoms with E-state index < -0.39 is 0 Å². The van der Waals surface area contributed by atoms with Crippen molar-refractivity contribution in [2.45, 2.75) is 6.42 Å². The van der Waals surface area contributed by atoms with Gasteiger partial charge >= 0.3 is 0 Å². The minimum absolute atomic E-state index is 0.685. The highest BCUT2D eigenvalue weighted by Gasteiger charge is 2.23. The third-order valence-corrected chi connectivity index (χ3v) is 3.43. The quantitative estimate of drug-likeness (QED) is 0.713. The molecule has 0 spiro atoms. The highest BCUT2D eigenvalue weighted by Crippen LogP contribution is 2.40. The Labute approximate surface area is 113 Å². The first-order chi connectivity index (χ1) is 9.20. The first-order valence-electron chi connectivity index (χ1n) is 6.26. The lowest BCUT2D eigenvalue weighted by atomic mass is 9.96. The summed E-state index contributed by atoms with van der Waals surface area (Å²) in [4.78, 5) is 3.53. The van der Waals surface area contributed by atoms with E-state index in [1.54, 1.807) is 0 Å². The smallest absolute Gasteiger partial charge is 0.189 e. The molecule has 3 rings (SSSR count). The van der Waals surface area contributed by atoms with Crippen LogP contribution in [0.4, 0.5) is 17.1 Å². The van der Waals surface area contributed by atoms with Gasteiger partial charge in [0.1, 0.15) is 0 Å². The normalized spacial score (nSPS) is 12.8. The monoisotopic (exact) mass is 249 g/mol. The van der Waals surface area contributed by atoms with Gasteiger partial charge in [0.2, 0.25) is 0 Å². The van der Waals surface area contributed by atoms with Crippen molar-refractivity contribution in [1.29, 1.82) is 0 Å². The molecule has 0 aliphatic carbocycles. The molecule has 2 aromatic rings. The van der Waals surface area contributed by atoms with Crippen LogP contribution in [0.2, 0.25) is 0 Å². The number of para-hydroxylation sites is 1. The third kappa shape index (κ3) is 1.87. The van der Waals surface area contributed by atoms with Gasteiger partial charge < -0.3 is 0 Å². The van der Waals surface area contributed by atoms with Crippen LogP contribution in [-0.2, 0) is 6.42 Å². The summed E-state index contributed by atoms with van der Waals surface area (Å²) >= 11 is 0. The van der Waals surface area contributed by atoms with E-state index in [1.165, 1.54) is 16.8 Å². The number of benzene rings is 2. The van der Waals surface area contributed by atoms with Crippen LogP contribution in [0, 0.1) is 6.57 Å². The van der Waals surface area contributed by atoms with Crippen molar-refractivity contribution in [2.75, 3.05) is 19.1 Å². The van der Waals surface area contributed by atoms with Gasteiger partial charge in [-0.3, -0.25) is 5.01 Å². The van der Waals surface area contributed by atoms with Crippen molar-refractivity contribution in [2.24, 2.45) is 0 Å². The fraction of sp³-hybridized carbons (Fsp3) is 0.188. The summed E-state index contributed by atoms with van der Waals surface area (Å²) in [6, 6.07) is 14.4. The lowest BCUT2D eigenvalue weighted by Gasteiger charge is -2.37. The van der Waals surface area contributed by atoms with E-state index in [0.29, 0.717) is 5.69 Å². The van der Waals surface area contributed by atoms with Crippen LogP contribution in [0.15, 0.2) is 42.5 Å². The largest absolute Gasteiger partial charge is 0.276 e. The Morgan fingerprint density at radius 1 is 1.05 bits per heavy atom. The summed E-state index contributed by atoms with van der Waals surface area (Å²) < 4.78 is 0. The summed E-state index contributed by atoms with van der Waals surface area (Å²) in [6.45, 7) is 7.17. The second-order valence-electron chi connectivity index (χ2n) is 4.89. The minimum Gasteiger partial charge on any atom is -0.276 e. The SMILES string of the molecule is [C-]#[N+]c1ccc2c(c1)N(N(C)C)c1ccccc1C2. The van der Waals surface area contributed by atoms with Crippen molar-refractivity contribution in [3.8, 4) is 0 Å².